The lowest BCUT2D eigenvalue weighted by molar-refractivity contribution is -0.148. The Morgan fingerprint density at radius 2 is 1.59 bits per heavy atom. The summed E-state index contributed by atoms with van der Waals surface area (Å²) < 4.78 is 5.55. The number of carbonyl (C=O) groups excluding carboxylic acids is 2. The highest BCUT2D eigenvalue weighted by Crippen LogP contribution is 2.44. The molecule has 0 spiro atoms. The van der Waals surface area contributed by atoms with Crippen molar-refractivity contribution in [2.24, 2.45) is 5.92 Å². The van der Waals surface area contributed by atoms with Gasteiger partial charge in [-0.05, 0) is 55.4 Å². The Bertz CT molecular complexity index is 998. The van der Waals surface area contributed by atoms with Gasteiger partial charge in [-0.2, -0.15) is 0 Å². The van der Waals surface area contributed by atoms with Crippen molar-refractivity contribution in [3.63, 3.8) is 0 Å². The fourth-order valence-corrected chi connectivity index (χ4v) is 4.35. The van der Waals surface area contributed by atoms with E-state index in [1.165, 1.54) is 16.0 Å². The number of benzene rings is 2. The van der Waals surface area contributed by atoms with E-state index in [1.807, 2.05) is 52.0 Å². The molecule has 0 saturated heterocycles. The summed E-state index contributed by atoms with van der Waals surface area (Å²) in [4.78, 5) is 37.4. The van der Waals surface area contributed by atoms with Crippen LogP contribution in [0.25, 0.3) is 11.1 Å². The first-order valence-electron chi connectivity index (χ1n) is 11.7. The minimum Gasteiger partial charge on any atom is -0.480 e. The van der Waals surface area contributed by atoms with Gasteiger partial charge in [0.05, 0.1) is 0 Å². The smallest absolute Gasteiger partial charge is 0.407 e. The molecule has 2 aromatic rings. The van der Waals surface area contributed by atoms with E-state index in [2.05, 4.69) is 29.6 Å². The van der Waals surface area contributed by atoms with Crippen LogP contribution in [0.4, 0.5) is 4.79 Å². The largest absolute Gasteiger partial charge is 0.480 e. The third kappa shape index (κ3) is 6.16. The Kier molecular flexibility index (Phi) is 7.97. The minimum atomic E-state index is -1.03. The molecule has 2 N–H and O–H groups in total. The third-order valence-electron chi connectivity index (χ3n) is 6.19. The molecule has 1 aliphatic carbocycles. The molecule has 182 valence electrons. The van der Waals surface area contributed by atoms with Gasteiger partial charge in [-0.1, -0.05) is 55.5 Å². The lowest BCUT2D eigenvalue weighted by atomic mass is 9.98. The van der Waals surface area contributed by atoms with Crippen molar-refractivity contribution >= 4 is 18.0 Å². The van der Waals surface area contributed by atoms with Gasteiger partial charge < -0.3 is 20.1 Å². The van der Waals surface area contributed by atoms with Crippen LogP contribution in [0, 0.1) is 5.92 Å². The second-order valence-electron chi connectivity index (χ2n) is 9.89. The fraction of sp³-hybridized carbons (Fsp3) is 0.444. The highest BCUT2D eigenvalue weighted by atomic mass is 16.5. The van der Waals surface area contributed by atoms with Crippen LogP contribution in [0.3, 0.4) is 0 Å². The number of nitrogens with one attached hydrogen (secondary N) is 1. The van der Waals surface area contributed by atoms with Crippen LogP contribution in [0.2, 0.25) is 0 Å². The van der Waals surface area contributed by atoms with Gasteiger partial charge in [-0.25, -0.2) is 4.79 Å². The number of hydrogen-bond donors (Lipinski definition) is 2. The first-order chi connectivity index (χ1) is 16.1. The Balaban J connectivity index is 1.47. The molecule has 3 rings (SSSR count). The number of ether oxygens (including phenoxy) is 1. The zero-order valence-electron chi connectivity index (χ0n) is 20.3. The van der Waals surface area contributed by atoms with Crippen LogP contribution < -0.4 is 5.32 Å². The summed E-state index contributed by atoms with van der Waals surface area (Å²) in [5.74, 6) is -1.20. The summed E-state index contributed by atoms with van der Waals surface area (Å²) in [5, 5.41) is 11.9. The Hall–Kier alpha value is -3.35. The van der Waals surface area contributed by atoms with Crippen LogP contribution in [0.5, 0.6) is 0 Å². The number of carboxylic acids is 1. The molecule has 0 bridgehead atoms. The predicted octanol–water partition coefficient (Wildman–Crippen LogP) is 4.65. The van der Waals surface area contributed by atoms with Crippen molar-refractivity contribution in [3.05, 3.63) is 59.7 Å². The zero-order valence-corrected chi connectivity index (χ0v) is 20.3. The molecule has 0 heterocycles. The Morgan fingerprint density at radius 1 is 1.03 bits per heavy atom. The predicted molar refractivity (Wildman–Crippen MR) is 131 cm³/mol. The molecule has 2 amide bonds. The maximum atomic E-state index is 12.6. The molecular weight excluding hydrogens is 432 g/mol. The van der Waals surface area contributed by atoms with E-state index in [9.17, 15) is 14.4 Å². The van der Waals surface area contributed by atoms with Crippen molar-refractivity contribution < 1.29 is 24.2 Å². The summed E-state index contributed by atoms with van der Waals surface area (Å²) in [5.41, 5.74) is 4.11. The number of hydrogen-bond acceptors (Lipinski definition) is 4. The molecule has 1 aliphatic rings. The molecule has 1 atom stereocenters. The van der Waals surface area contributed by atoms with Crippen molar-refractivity contribution in [2.75, 3.05) is 19.7 Å². The molecule has 1 unspecified atom stereocenters. The van der Waals surface area contributed by atoms with Gasteiger partial charge in [0.1, 0.15) is 13.2 Å². The van der Waals surface area contributed by atoms with Gasteiger partial charge in [-0.3, -0.25) is 9.59 Å². The first kappa shape index (κ1) is 25.3. The maximum absolute atomic E-state index is 12.6. The Labute approximate surface area is 201 Å². The molecule has 2 aromatic carbocycles. The third-order valence-corrected chi connectivity index (χ3v) is 6.19. The summed E-state index contributed by atoms with van der Waals surface area (Å²) in [6.07, 6.45) is 0.273. The van der Waals surface area contributed by atoms with Crippen molar-refractivity contribution in [1.29, 1.82) is 0 Å². The Morgan fingerprint density at radius 3 is 2.12 bits per heavy atom. The second kappa shape index (κ2) is 10.7. The molecule has 0 radical (unpaired) electrons. The highest BCUT2D eigenvalue weighted by molar-refractivity contribution is 5.82. The van der Waals surface area contributed by atoms with Gasteiger partial charge in [0.25, 0.3) is 0 Å². The summed E-state index contributed by atoms with van der Waals surface area (Å²) in [6, 6.07) is 16.4. The zero-order chi connectivity index (χ0) is 24.9. The number of carbonyl (C=O) groups is 3. The number of aliphatic carboxylic acids is 1. The average Bonchev–Trinajstić information content (AvgIpc) is 3.11. The van der Waals surface area contributed by atoms with Crippen molar-refractivity contribution in [2.45, 2.75) is 52.0 Å². The molecule has 34 heavy (non-hydrogen) atoms. The summed E-state index contributed by atoms with van der Waals surface area (Å²) in [6.45, 7) is 7.69. The fourth-order valence-electron chi connectivity index (χ4n) is 4.35. The standard InChI is InChI=1S/C27H34N2O5/c1-18(13-14-24(30)29(16-25(31)32)27(2,3)4)15-28-26(33)34-17-23-21-11-7-5-9-19(21)20-10-6-8-12-22(20)23/h5-12,18,23H,13-17H2,1-4H3,(H,28,33)(H,31,32). The molecule has 0 saturated carbocycles. The van der Waals surface area contributed by atoms with Gasteiger partial charge in [-0.15, -0.1) is 0 Å². The van der Waals surface area contributed by atoms with E-state index in [-0.39, 0.29) is 37.3 Å². The number of fused-ring (bicyclic) bond motifs is 3. The van der Waals surface area contributed by atoms with E-state index < -0.39 is 17.6 Å². The van der Waals surface area contributed by atoms with Gasteiger partial charge >= 0.3 is 12.1 Å². The second-order valence-corrected chi connectivity index (χ2v) is 9.89. The van der Waals surface area contributed by atoms with Crippen molar-refractivity contribution in [1.82, 2.24) is 10.2 Å². The topological polar surface area (TPSA) is 95.9 Å². The molecule has 0 fully saturated rings. The number of carboxylic acid groups (broad SMARTS) is 1. The molecule has 7 nitrogen and oxygen atoms in total. The van der Waals surface area contributed by atoms with Crippen molar-refractivity contribution in [3.8, 4) is 11.1 Å². The molecule has 7 heteroatoms. The van der Waals surface area contributed by atoms with E-state index in [4.69, 9.17) is 9.84 Å². The maximum Gasteiger partial charge on any atom is 0.407 e. The van der Waals surface area contributed by atoms with E-state index in [1.54, 1.807) is 0 Å². The lowest BCUT2D eigenvalue weighted by Crippen LogP contribution is -2.48. The van der Waals surface area contributed by atoms with Gasteiger partial charge in [0.2, 0.25) is 5.91 Å². The summed E-state index contributed by atoms with van der Waals surface area (Å²) in [7, 11) is 0. The average molecular weight is 467 g/mol. The van der Waals surface area contributed by atoms with Crippen LogP contribution in [0.1, 0.15) is 57.6 Å². The normalized spacial score (nSPS) is 13.5. The lowest BCUT2D eigenvalue weighted by Gasteiger charge is -2.34. The number of nitrogens with zero attached hydrogens (tertiary/aromatic N) is 1. The van der Waals surface area contributed by atoms with Crippen LogP contribution in [-0.2, 0) is 14.3 Å². The minimum absolute atomic E-state index is 0.00538. The van der Waals surface area contributed by atoms with Gasteiger partial charge in [0.15, 0.2) is 0 Å². The monoisotopic (exact) mass is 466 g/mol. The summed E-state index contributed by atoms with van der Waals surface area (Å²) >= 11 is 0. The van der Waals surface area contributed by atoms with E-state index >= 15 is 0 Å². The molecule has 0 aromatic heterocycles. The van der Waals surface area contributed by atoms with E-state index in [0.29, 0.717) is 13.0 Å². The van der Waals surface area contributed by atoms with Gasteiger partial charge in [0, 0.05) is 24.4 Å². The van der Waals surface area contributed by atoms with Crippen LogP contribution >= 0.6 is 0 Å². The molecule has 0 aliphatic heterocycles. The first-order valence-corrected chi connectivity index (χ1v) is 11.7. The van der Waals surface area contributed by atoms with E-state index in [0.717, 1.165) is 11.1 Å². The molecular formula is C27H34N2O5. The number of amides is 2. The quantitative estimate of drug-likeness (QED) is 0.561. The highest BCUT2D eigenvalue weighted by Gasteiger charge is 2.30. The number of alkyl carbamates (subject to hydrolysis) is 1. The van der Waals surface area contributed by atoms with Crippen LogP contribution in [-0.4, -0.2) is 53.2 Å². The SMILES string of the molecule is CC(CCC(=O)N(CC(=O)O)C(C)(C)C)CNC(=O)OCC1c2ccccc2-c2ccccc21. The van der Waals surface area contributed by atoms with Crippen LogP contribution in [0.15, 0.2) is 48.5 Å². The number of rotatable bonds is 9.